The molecule has 0 aliphatic carbocycles. The van der Waals surface area contributed by atoms with Crippen LogP contribution in [-0.4, -0.2) is 24.8 Å². The second-order valence-electron chi connectivity index (χ2n) is 4.56. The fourth-order valence-corrected chi connectivity index (χ4v) is 2.26. The first-order valence-electron chi connectivity index (χ1n) is 6.40. The molecule has 0 atom stereocenters. The molecule has 2 rings (SSSR count). The maximum absolute atomic E-state index is 12.1. The molecule has 0 saturated carbocycles. The van der Waals surface area contributed by atoms with Crippen molar-refractivity contribution in [2.75, 3.05) is 24.3 Å². The molecule has 0 bridgehead atoms. The van der Waals surface area contributed by atoms with Crippen LogP contribution < -0.4 is 10.2 Å². The van der Waals surface area contributed by atoms with E-state index in [9.17, 15) is 8.78 Å². The minimum Gasteiger partial charge on any atom is -0.463 e. The number of nitrogens with zero attached hydrogens (tertiary/aromatic N) is 2. The number of anilines is 2. The van der Waals surface area contributed by atoms with Gasteiger partial charge in [-0.25, -0.2) is 4.98 Å². The van der Waals surface area contributed by atoms with E-state index in [1.165, 1.54) is 0 Å². The van der Waals surface area contributed by atoms with E-state index in [1.54, 1.807) is 18.3 Å². The Morgan fingerprint density at radius 3 is 2.76 bits per heavy atom. The first-order chi connectivity index (χ1) is 10.1. The molecule has 0 spiro atoms. The standard InChI is InChI=1S/C14H17F2N3OS/c1-19(2)13-12(4-3-7-17-13)18-8-10-5-6-11(20-10)9-21-14(15)16/h3-7,14,18H,8-9H2,1-2H3. The summed E-state index contributed by atoms with van der Waals surface area (Å²) >= 11 is 0.554. The minimum absolute atomic E-state index is 0.174. The second kappa shape index (κ2) is 7.31. The number of aromatic nitrogens is 1. The monoisotopic (exact) mass is 313 g/mol. The molecule has 114 valence electrons. The molecule has 0 fully saturated rings. The molecule has 2 aromatic heterocycles. The highest BCUT2D eigenvalue weighted by atomic mass is 32.2. The molecule has 0 amide bonds. The van der Waals surface area contributed by atoms with Crippen LogP contribution in [0.15, 0.2) is 34.9 Å². The van der Waals surface area contributed by atoms with Gasteiger partial charge in [0.05, 0.1) is 18.0 Å². The number of alkyl halides is 2. The molecule has 2 aromatic rings. The summed E-state index contributed by atoms with van der Waals surface area (Å²) in [5, 5.41) is 3.24. The molecule has 4 nitrogen and oxygen atoms in total. The summed E-state index contributed by atoms with van der Waals surface area (Å²) in [6, 6.07) is 7.30. The van der Waals surface area contributed by atoms with Gasteiger partial charge in [-0.1, -0.05) is 11.8 Å². The van der Waals surface area contributed by atoms with Crippen LogP contribution in [0.5, 0.6) is 0 Å². The number of thioether (sulfide) groups is 1. The van der Waals surface area contributed by atoms with Crippen molar-refractivity contribution in [1.82, 2.24) is 4.98 Å². The van der Waals surface area contributed by atoms with Gasteiger partial charge in [-0.15, -0.1) is 0 Å². The van der Waals surface area contributed by atoms with Crippen LogP contribution in [0.25, 0.3) is 0 Å². The predicted molar refractivity (Wildman–Crippen MR) is 81.9 cm³/mol. The summed E-state index contributed by atoms with van der Waals surface area (Å²) < 4.78 is 29.7. The Morgan fingerprint density at radius 1 is 1.29 bits per heavy atom. The van der Waals surface area contributed by atoms with Crippen molar-refractivity contribution in [1.29, 1.82) is 0 Å². The molecule has 1 N–H and O–H groups in total. The lowest BCUT2D eigenvalue weighted by atomic mass is 10.3. The number of hydrogen-bond acceptors (Lipinski definition) is 5. The molecule has 0 aliphatic rings. The van der Waals surface area contributed by atoms with Gasteiger partial charge >= 0.3 is 0 Å². The van der Waals surface area contributed by atoms with Gasteiger partial charge in [-0.3, -0.25) is 0 Å². The van der Waals surface area contributed by atoms with Gasteiger partial charge in [-0.05, 0) is 24.3 Å². The lowest BCUT2D eigenvalue weighted by Gasteiger charge is -2.16. The maximum Gasteiger partial charge on any atom is 0.284 e. The summed E-state index contributed by atoms with van der Waals surface area (Å²) in [5.74, 6) is -0.121. The zero-order valence-electron chi connectivity index (χ0n) is 11.8. The normalized spacial score (nSPS) is 10.9. The smallest absolute Gasteiger partial charge is 0.284 e. The quantitative estimate of drug-likeness (QED) is 0.842. The van der Waals surface area contributed by atoms with Crippen LogP contribution >= 0.6 is 11.8 Å². The van der Waals surface area contributed by atoms with E-state index in [4.69, 9.17) is 4.42 Å². The first-order valence-corrected chi connectivity index (χ1v) is 7.44. The van der Waals surface area contributed by atoms with Gasteiger partial charge in [-0.2, -0.15) is 8.78 Å². The molecule has 7 heteroatoms. The second-order valence-corrected chi connectivity index (χ2v) is 5.54. The van der Waals surface area contributed by atoms with Crippen LogP contribution in [0.1, 0.15) is 11.5 Å². The summed E-state index contributed by atoms with van der Waals surface area (Å²) in [7, 11) is 3.83. The number of nitrogens with one attached hydrogen (secondary N) is 1. The van der Waals surface area contributed by atoms with Gasteiger partial charge in [0, 0.05) is 20.3 Å². The highest BCUT2D eigenvalue weighted by Crippen LogP contribution is 2.23. The Balaban J connectivity index is 1.94. The fraction of sp³-hybridized carbons (Fsp3) is 0.357. The van der Waals surface area contributed by atoms with Crippen molar-refractivity contribution in [3.8, 4) is 0 Å². The molecule has 0 aromatic carbocycles. The van der Waals surface area contributed by atoms with Gasteiger partial charge < -0.3 is 14.6 Å². The SMILES string of the molecule is CN(C)c1ncccc1NCc1ccc(CSC(F)F)o1. The van der Waals surface area contributed by atoms with E-state index in [-0.39, 0.29) is 5.75 Å². The van der Waals surface area contributed by atoms with Crippen LogP contribution in [0.2, 0.25) is 0 Å². The highest BCUT2D eigenvalue weighted by Gasteiger charge is 2.09. The average molecular weight is 313 g/mol. The van der Waals surface area contributed by atoms with Crippen LogP contribution in [-0.2, 0) is 12.3 Å². The molecule has 0 radical (unpaired) electrons. The van der Waals surface area contributed by atoms with E-state index in [0.717, 1.165) is 11.5 Å². The van der Waals surface area contributed by atoms with E-state index in [1.807, 2.05) is 31.1 Å². The Labute approximate surface area is 126 Å². The molecular formula is C14H17F2N3OS. The minimum atomic E-state index is -2.38. The van der Waals surface area contributed by atoms with Crippen LogP contribution in [0.4, 0.5) is 20.3 Å². The van der Waals surface area contributed by atoms with Crippen molar-refractivity contribution in [2.24, 2.45) is 0 Å². The molecule has 21 heavy (non-hydrogen) atoms. The van der Waals surface area contributed by atoms with Crippen molar-refractivity contribution < 1.29 is 13.2 Å². The predicted octanol–water partition coefficient (Wildman–Crippen LogP) is 3.81. The lowest BCUT2D eigenvalue weighted by molar-refractivity contribution is 0.251. The van der Waals surface area contributed by atoms with Crippen molar-refractivity contribution in [3.05, 3.63) is 42.0 Å². The highest BCUT2D eigenvalue weighted by molar-refractivity contribution is 7.98. The number of hydrogen-bond donors (Lipinski definition) is 1. The summed E-state index contributed by atoms with van der Waals surface area (Å²) in [5.41, 5.74) is 0.891. The number of pyridine rings is 1. The number of furan rings is 1. The van der Waals surface area contributed by atoms with Crippen molar-refractivity contribution in [2.45, 2.75) is 18.1 Å². The van der Waals surface area contributed by atoms with E-state index in [0.29, 0.717) is 29.8 Å². The molecule has 0 aliphatic heterocycles. The third-order valence-electron chi connectivity index (χ3n) is 2.73. The van der Waals surface area contributed by atoms with Crippen molar-refractivity contribution >= 4 is 23.3 Å². The summed E-state index contributed by atoms with van der Waals surface area (Å²) in [6.07, 6.45) is 1.73. The van der Waals surface area contributed by atoms with Gasteiger partial charge in [0.15, 0.2) is 5.82 Å². The topological polar surface area (TPSA) is 41.3 Å². The lowest BCUT2D eigenvalue weighted by Crippen LogP contribution is -2.13. The average Bonchev–Trinajstić information content (AvgIpc) is 2.91. The van der Waals surface area contributed by atoms with Gasteiger partial charge in [0.25, 0.3) is 5.76 Å². The summed E-state index contributed by atoms with van der Waals surface area (Å²) in [4.78, 5) is 6.20. The molecular weight excluding hydrogens is 296 g/mol. The van der Waals surface area contributed by atoms with Crippen LogP contribution in [0, 0.1) is 0 Å². The van der Waals surface area contributed by atoms with Gasteiger partial charge in [0.1, 0.15) is 11.5 Å². The Hall–Kier alpha value is -1.76. The largest absolute Gasteiger partial charge is 0.463 e. The summed E-state index contributed by atoms with van der Waals surface area (Å²) in [6.45, 7) is 0.478. The zero-order valence-corrected chi connectivity index (χ0v) is 12.7. The number of rotatable bonds is 7. The van der Waals surface area contributed by atoms with Gasteiger partial charge in [0.2, 0.25) is 0 Å². The fourth-order valence-electron chi connectivity index (χ4n) is 1.81. The Bertz CT molecular complexity index is 575. The van der Waals surface area contributed by atoms with E-state index < -0.39 is 5.76 Å². The first kappa shape index (κ1) is 15.6. The molecule has 0 unspecified atom stereocenters. The third-order valence-corrected chi connectivity index (χ3v) is 3.44. The molecule has 2 heterocycles. The maximum atomic E-state index is 12.1. The Morgan fingerprint density at radius 2 is 2.05 bits per heavy atom. The zero-order chi connectivity index (χ0) is 15.2. The van der Waals surface area contributed by atoms with E-state index in [2.05, 4.69) is 10.3 Å². The third kappa shape index (κ3) is 4.63. The van der Waals surface area contributed by atoms with Crippen LogP contribution in [0.3, 0.4) is 0 Å². The van der Waals surface area contributed by atoms with E-state index >= 15 is 0 Å². The number of halogens is 2. The Kier molecular flexibility index (Phi) is 5.44. The van der Waals surface area contributed by atoms with Crippen molar-refractivity contribution in [3.63, 3.8) is 0 Å². The molecule has 0 saturated heterocycles.